The summed E-state index contributed by atoms with van der Waals surface area (Å²) in [6, 6.07) is 13.2. The predicted octanol–water partition coefficient (Wildman–Crippen LogP) is 4.38. The van der Waals surface area contributed by atoms with Crippen LogP contribution >= 0.6 is 22.9 Å². The standard InChI is InChI=1S/C15H10ClNOS/c16-15-6-5-10(19-15)9-14(18)12-7-8-17-13-4-2-1-3-11(12)13/h1-8H,9H2. The molecule has 94 valence electrons. The molecule has 0 amide bonds. The zero-order valence-electron chi connectivity index (χ0n) is 9.97. The van der Waals surface area contributed by atoms with Gasteiger partial charge in [0.2, 0.25) is 0 Å². The summed E-state index contributed by atoms with van der Waals surface area (Å²) in [6.07, 6.45) is 2.06. The van der Waals surface area contributed by atoms with Crippen LogP contribution in [-0.4, -0.2) is 10.8 Å². The molecule has 19 heavy (non-hydrogen) atoms. The Kier molecular flexibility index (Phi) is 3.32. The number of ketones is 1. The second-order valence-corrected chi connectivity index (χ2v) is 5.98. The highest BCUT2D eigenvalue weighted by Gasteiger charge is 2.12. The second kappa shape index (κ2) is 5.11. The molecule has 3 rings (SSSR count). The summed E-state index contributed by atoms with van der Waals surface area (Å²) in [6.45, 7) is 0. The molecule has 0 aliphatic carbocycles. The summed E-state index contributed by atoms with van der Waals surface area (Å²) < 4.78 is 0.711. The average molecular weight is 288 g/mol. The highest BCUT2D eigenvalue weighted by Crippen LogP contribution is 2.24. The third-order valence-corrected chi connectivity index (χ3v) is 4.14. The number of thiophene rings is 1. The summed E-state index contributed by atoms with van der Waals surface area (Å²) in [5.41, 5.74) is 1.56. The zero-order chi connectivity index (χ0) is 13.2. The average Bonchev–Trinajstić information content (AvgIpc) is 2.83. The molecule has 3 aromatic rings. The molecule has 2 aromatic heterocycles. The highest BCUT2D eigenvalue weighted by atomic mass is 35.5. The van der Waals surface area contributed by atoms with Gasteiger partial charge >= 0.3 is 0 Å². The highest BCUT2D eigenvalue weighted by molar-refractivity contribution is 7.16. The van der Waals surface area contributed by atoms with E-state index >= 15 is 0 Å². The van der Waals surface area contributed by atoms with Crippen molar-refractivity contribution in [2.45, 2.75) is 6.42 Å². The molecule has 0 unspecified atom stereocenters. The quantitative estimate of drug-likeness (QED) is 0.669. The largest absolute Gasteiger partial charge is 0.294 e. The van der Waals surface area contributed by atoms with Gasteiger partial charge in [0.05, 0.1) is 9.85 Å². The van der Waals surface area contributed by atoms with Gasteiger partial charge in [-0.3, -0.25) is 9.78 Å². The number of rotatable bonds is 3. The van der Waals surface area contributed by atoms with Gasteiger partial charge in [-0.25, -0.2) is 0 Å². The number of pyridine rings is 1. The Morgan fingerprint density at radius 3 is 2.79 bits per heavy atom. The van der Waals surface area contributed by atoms with Crippen molar-refractivity contribution in [3.8, 4) is 0 Å². The molecule has 0 N–H and O–H groups in total. The van der Waals surface area contributed by atoms with E-state index in [4.69, 9.17) is 11.6 Å². The molecule has 0 saturated carbocycles. The van der Waals surface area contributed by atoms with Gasteiger partial charge in [-0.1, -0.05) is 29.8 Å². The Hall–Kier alpha value is -1.71. The van der Waals surface area contributed by atoms with E-state index in [0.717, 1.165) is 21.3 Å². The molecule has 0 saturated heterocycles. The van der Waals surface area contributed by atoms with Crippen LogP contribution in [0.25, 0.3) is 10.9 Å². The van der Waals surface area contributed by atoms with Gasteiger partial charge in [0.15, 0.2) is 5.78 Å². The first-order valence-corrected chi connectivity index (χ1v) is 7.04. The Bertz CT molecular complexity index is 745. The lowest BCUT2D eigenvalue weighted by molar-refractivity contribution is 0.0995. The van der Waals surface area contributed by atoms with Crippen LogP contribution in [0.15, 0.2) is 48.7 Å². The van der Waals surface area contributed by atoms with Crippen LogP contribution in [0.4, 0.5) is 0 Å². The van der Waals surface area contributed by atoms with E-state index in [2.05, 4.69) is 4.98 Å². The SMILES string of the molecule is O=C(Cc1ccc(Cl)s1)c1ccnc2ccccc12. The van der Waals surface area contributed by atoms with Gasteiger partial charge < -0.3 is 0 Å². The minimum absolute atomic E-state index is 0.0946. The summed E-state index contributed by atoms with van der Waals surface area (Å²) in [5.74, 6) is 0.0946. The van der Waals surface area contributed by atoms with E-state index in [-0.39, 0.29) is 5.78 Å². The molecule has 0 aliphatic rings. The van der Waals surface area contributed by atoms with Crippen LogP contribution in [0.1, 0.15) is 15.2 Å². The molecular weight excluding hydrogens is 278 g/mol. The number of nitrogens with zero attached hydrogens (tertiary/aromatic N) is 1. The van der Waals surface area contributed by atoms with E-state index in [9.17, 15) is 4.79 Å². The minimum atomic E-state index is 0.0946. The van der Waals surface area contributed by atoms with Crippen LogP contribution in [0.2, 0.25) is 4.34 Å². The van der Waals surface area contributed by atoms with Crippen molar-refractivity contribution in [1.82, 2.24) is 4.98 Å². The molecule has 1 aromatic carbocycles. The van der Waals surface area contributed by atoms with Crippen LogP contribution in [0, 0.1) is 0 Å². The number of aromatic nitrogens is 1. The number of hydrogen-bond donors (Lipinski definition) is 0. The molecule has 0 radical (unpaired) electrons. The minimum Gasteiger partial charge on any atom is -0.294 e. The zero-order valence-corrected chi connectivity index (χ0v) is 11.5. The van der Waals surface area contributed by atoms with Crippen molar-refractivity contribution in [3.05, 3.63) is 63.4 Å². The number of Topliss-reactive ketones (excluding diaryl/α,β-unsaturated/α-hetero) is 1. The molecule has 4 heteroatoms. The smallest absolute Gasteiger partial charge is 0.168 e. The van der Waals surface area contributed by atoms with E-state index in [0.29, 0.717) is 10.8 Å². The van der Waals surface area contributed by atoms with Gasteiger partial charge in [-0.15, -0.1) is 11.3 Å². The number of halogens is 1. The summed E-state index contributed by atoms with van der Waals surface area (Å²) in [5, 5.41) is 0.901. The summed E-state index contributed by atoms with van der Waals surface area (Å²) in [7, 11) is 0. The number of carbonyl (C=O) groups excluding carboxylic acids is 1. The van der Waals surface area contributed by atoms with Crippen LogP contribution in [-0.2, 0) is 6.42 Å². The molecule has 2 nitrogen and oxygen atoms in total. The lowest BCUT2D eigenvalue weighted by atomic mass is 10.0. The maximum Gasteiger partial charge on any atom is 0.168 e. The van der Waals surface area contributed by atoms with Crippen LogP contribution in [0.3, 0.4) is 0 Å². The fraction of sp³-hybridized carbons (Fsp3) is 0.0667. The van der Waals surface area contributed by atoms with Crippen LogP contribution < -0.4 is 0 Å². The summed E-state index contributed by atoms with van der Waals surface area (Å²) >= 11 is 7.33. The summed E-state index contributed by atoms with van der Waals surface area (Å²) in [4.78, 5) is 17.6. The van der Waals surface area contributed by atoms with Crippen molar-refractivity contribution in [2.24, 2.45) is 0 Å². The van der Waals surface area contributed by atoms with Crippen molar-refractivity contribution in [3.63, 3.8) is 0 Å². The second-order valence-electron chi connectivity index (χ2n) is 4.18. The van der Waals surface area contributed by atoms with Gasteiger partial charge in [0, 0.05) is 28.4 Å². The number of benzene rings is 1. The number of para-hydroxylation sites is 1. The Balaban J connectivity index is 1.97. The molecule has 0 fully saturated rings. The Morgan fingerprint density at radius 1 is 1.16 bits per heavy atom. The molecule has 0 bridgehead atoms. The van der Waals surface area contributed by atoms with Gasteiger partial charge in [0.1, 0.15) is 0 Å². The van der Waals surface area contributed by atoms with Crippen molar-refractivity contribution in [1.29, 1.82) is 0 Å². The first-order valence-electron chi connectivity index (χ1n) is 5.85. The van der Waals surface area contributed by atoms with Gasteiger partial charge in [0.25, 0.3) is 0 Å². The number of hydrogen-bond acceptors (Lipinski definition) is 3. The van der Waals surface area contributed by atoms with Gasteiger partial charge in [-0.05, 0) is 24.3 Å². The normalized spacial score (nSPS) is 10.8. The number of carbonyl (C=O) groups is 1. The van der Waals surface area contributed by atoms with E-state index in [1.54, 1.807) is 12.3 Å². The maximum atomic E-state index is 12.4. The molecule has 2 heterocycles. The molecule has 0 spiro atoms. The first kappa shape index (κ1) is 12.3. The topological polar surface area (TPSA) is 30.0 Å². The monoisotopic (exact) mass is 287 g/mol. The van der Waals surface area contributed by atoms with Crippen molar-refractivity contribution in [2.75, 3.05) is 0 Å². The maximum absolute atomic E-state index is 12.4. The fourth-order valence-electron chi connectivity index (χ4n) is 2.04. The Labute approximate surface area is 119 Å². The lowest BCUT2D eigenvalue weighted by Gasteiger charge is -2.04. The molecular formula is C15H10ClNOS. The van der Waals surface area contributed by atoms with Crippen LogP contribution in [0.5, 0.6) is 0 Å². The Morgan fingerprint density at radius 2 is 2.00 bits per heavy atom. The van der Waals surface area contributed by atoms with E-state index in [1.165, 1.54) is 11.3 Å². The van der Waals surface area contributed by atoms with E-state index in [1.807, 2.05) is 36.4 Å². The lowest BCUT2D eigenvalue weighted by Crippen LogP contribution is -2.03. The molecule has 0 atom stereocenters. The predicted molar refractivity (Wildman–Crippen MR) is 79.1 cm³/mol. The third kappa shape index (κ3) is 2.53. The fourth-order valence-corrected chi connectivity index (χ4v) is 3.13. The first-order chi connectivity index (χ1) is 9.24. The third-order valence-electron chi connectivity index (χ3n) is 2.91. The van der Waals surface area contributed by atoms with Crippen molar-refractivity contribution >= 4 is 39.6 Å². The van der Waals surface area contributed by atoms with Crippen molar-refractivity contribution < 1.29 is 4.79 Å². The number of fused-ring (bicyclic) bond motifs is 1. The molecule has 0 aliphatic heterocycles. The van der Waals surface area contributed by atoms with E-state index < -0.39 is 0 Å². The van der Waals surface area contributed by atoms with Gasteiger partial charge in [-0.2, -0.15) is 0 Å².